The van der Waals surface area contributed by atoms with Gasteiger partial charge >= 0.3 is 18.2 Å². The summed E-state index contributed by atoms with van der Waals surface area (Å²) in [7, 11) is 0. The molecular formula is C25H19BrF3NO4. The molecule has 0 spiro atoms. The molecule has 0 bridgehead atoms. The number of alkyl halides is 3. The third-order valence-electron chi connectivity index (χ3n) is 5.71. The first-order chi connectivity index (χ1) is 16.1. The van der Waals surface area contributed by atoms with Gasteiger partial charge in [-0.15, -0.1) is 0 Å². The molecule has 1 amide bonds. The summed E-state index contributed by atoms with van der Waals surface area (Å²) in [6.07, 6.45) is -6.16. The van der Waals surface area contributed by atoms with Crippen molar-refractivity contribution in [2.75, 3.05) is 6.61 Å². The molecule has 0 aliphatic heterocycles. The Balaban J connectivity index is 1.53. The molecule has 0 saturated carbocycles. The van der Waals surface area contributed by atoms with Gasteiger partial charge in [-0.3, -0.25) is 4.79 Å². The number of carboxylic acid groups (broad SMARTS) is 1. The lowest BCUT2D eigenvalue weighted by Crippen LogP contribution is -2.32. The Hall–Kier alpha value is -3.33. The number of amides is 1. The number of nitrogens with one attached hydrogen (secondary N) is 1. The zero-order chi connectivity index (χ0) is 24.5. The lowest BCUT2D eigenvalue weighted by Gasteiger charge is -2.21. The van der Waals surface area contributed by atoms with E-state index in [0.29, 0.717) is 0 Å². The normalized spacial score (nSPS) is 13.6. The Morgan fingerprint density at radius 1 is 1.00 bits per heavy atom. The summed E-state index contributed by atoms with van der Waals surface area (Å²) in [6.45, 7) is -0.0105. The number of hydrogen-bond donors (Lipinski definition) is 2. The van der Waals surface area contributed by atoms with Crippen molar-refractivity contribution >= 4 is 28.0 Å². The number of ether oxygens (including phenoxy) is 1. The van der Waals surface area contributed by atoms with Crippen LogP contribution in [0.5, 0.6) is 0 Å². The van der Waals surface area contributed by atoms with Crippen LogP contribution in [0.25, 0.3) is 11.1 Å². The summed E-state index contributed by atoms with van der Waals surface area (Å²) in [5.41, 5.74) is 3.13. The molecule has 4 rings (SSSR count). The first-order valence-corrected chi connectivity index (χ1v) is 11.1. The average Bonchev–Trinajstić information content (AvgIpc) is 3.10. The lowest BCUT2D eigenvalue weighted by molar-refractivity contribution is -0.138. The Morgan fingerprint density at radius 2 is 1.59 bits per heavy atom. The van der Waals surface area contributed by atoms with E-state index in [0.717, 1.165) is 34.4 Å². The smallest absolute Gasteiger partial charge is 0.416 e. The van der Waals surface area contributed by atoms with Gasteiger partial charge in [0.1, 0.15) is 6.61 Å². The quantitative estimate of drug-likeness (QED) is 0.378. The molecule has 2 N–H and O–H groups in total. The van der Waals surface area contributed by atoms with Crippen LogP contribution in [0, 0.1) is 0 Å². The number of carboxylic acids is 1. The van der Waals surface area contributed by atoms with Crippen LogP contribution in [0.15, 0.2) is 71.2 Å². The minimum Gasteiger partial charge on any atom is -0.481 e. The van der Waals surface area contributed by atoms with Crippen molar-refractivity contribution < 1.29 is 32.6 Å². The van der Waals surface area contributed by atoms with E-state index in [-0.39, 0.29) is 22.6 Å². The van der Waals surface area contributed by atoms with Crippen molar-refractivity contribution in [1.82, 2.24) is 5.32 Å². The van der Waals surface area contributed by atoms with Crippen LogP contribution in [0.3, 0.4) is 0 Å². The van der Waals surface area contributed by atoms with Crippen LogP contribution in [-0.4, -0.2) is 23.8 Å². The van der Waals surface area contributed by atoms with E-state index >= 15 is 0 Å². The number of alkyl carbamates (subject to hydrolysis) is 1. The van der Waals surface area contributed by atoms with Crippen LogP contribution in [0.1, 0.15) is 40.6 Å². The van der Waals surface area contributed by atoms with E-state index in [1.54, 1.807) is 0 Å². The number of aliphatic carboxylic acids is 1. The van der Waals surface area contributed by atoms with Gasteiger partial charge in [0, 0.05) is 10.4 Å². The SMILES string of the molecule is O=C(O)C[C@@H](NC(=O)OCC1c2ccccc2-c2ccccc21)c1cc(C(F)(F)F)ccc1Br. The number of fused-ring (bicyclic) bond motifs is 3. The maximum absolute atomic E-state index is 13.2. The number of hydrogen-bond acceptors (Lipinski definition) is 3. The van der Waals surface area contributed by atoms with E-state index in [4.69, 9.17) is 4.74 Å². The van der Waals surface area contributed by atoms with E-state index in [1.807, 2.05) is 48.5 Å². The minimum absolute atomic E-state index is 0.00858. The predicted molar refractivity (Wildman–Crippen MR) is 122 cm³/mol. The van der Waals surface area contributed by atoms with Crippen molar-refractivity contribution in [1.29, 1.82) is 0 Å². The number of benzene rings is 3. The van der Waals surface area contributed by atoms with Crippen molar-refractivity contribution in [3.05, 3.63) is 93.5 Å². The van der Waals surface area contributed by atoms with Gasteiger partial charge in [-0.25, -0.2) is 4.79 Å². The zero-order valence-electron chi connectivity index (χ0n) is 17.6. The molecule has 3 aromatic carbocycles. The zero-order valence-corrected chi connectivity index (χ0v) is 19.2. The summed E-state index contributed by atoms with van der Waals surface area (Å²) in [5.74, 6) is -1.50. The van der Waals surface area contributed by atoms with Crippen molar-refractivity contribution in [3.8, 4) is 11.1 Å². The van der Waals surface area contributed by atoms with Crippen LogP contribution < -0.4 is 5.32 Å². The summed E-state index contributed by atoms with van der Waals surface area (Å²) in [5, 5.41) is 11.7. The first-order valence-electron chi connectivity index (χ1n) is 10.3. The highest BCUT2D eigenvalue weighted by Crippen LogP contribution is 2.44. The summed E-state index contributed by atoms with van der Waals surface area (Å²) >= 11 is 3.15. The second kappa shape index (κ2) is 9.50. The molecule has 0 aromatic heterocycles. The van der Waals surface area contributed by atoms with Gasteiger partial charge in [-0.1, -0.05) is 64.5 Å². The number of carbonyl (C=O) groups excluding carboxylic acids is 1. The molecule has 3 aromatic rings. The third kappa shape index (κ3) is 4.94. The molecule has 9 heteroatoms. The Labute approximate surface area is 201 Å². The molecule has 0 saturated heterocycles. The van der Waals surface area contributed by atoms with E-state index in [1.165, 1.54) is 6.07 Å². The molecule has 1 atom stereocenters. The molecule has 176 valence electrons. The van der Waals surface area contributed by atoms with E-state index < -0.39 is 36.3 Å². The highest BCUT2D eigenvalue weighted by atomic mass is 79.9. The Bertz CT molecular complexity index is 1200. The molecule has 1 aliphatic carbocycles. The largest absolute Gasteiger partial charge is 0.481 e. The molecular weight excluding hydrogens is 515 g/mol. The standard InChI is InChI=1S/C25H19BrF3NO4/c26-21-10-9-14(25(27,28)29)11-19(21)22(12-23(31)32)30-24(33)34-13-20-17-7-3-1-5-15(17)16-6-2-4-8-18(16)20/h1-11,20,22H,12-13H2,(H,30,33)(H,31,32)/t22-/m1/s1. The molecule has 0 fully saturated rings. The second-order valence-electron chi connectivity index (χ2n) is 7.85. The molecule has 0 heterocycles. The van der Waals surface area contributed by atoms with Gasteiger partial charge in [0.15, 0.2) is 0 Å². The second-order valence-corrected chi connectivity index (χ2v) is 8.71. The van der Waals surface area contributed by atoms with Crippen molar-refractivity contribution in [3.63, 3.8) is 0 Å². The van der Waals surface area contributed by atoms with E-state index in [2.05, 4.69) is 21.2 Å². The highest BCUT2D eigenvalue weighted by Gasteiger charge is 2.33. The summed E-state index contributed by atoms with van der Waals surface area (Å²) in [6, 6.07) is 17.2. The molecule has 5 nitrogen and oxygen atoms in total. The Kier molecular flexibility index (Phi) is 6.65. The van der Waals surface area contributed by atoms with Gasteiger partial charge in [0.05, 0.1) is 18.0 Å². The topological polar surface area (TPSA) is 75.6 Å². The number of rotatable bonds is 6. The fourth-order valence-electron chi connectivity index (χ4n) is 4.18. The molecule has 0 unspecified atom stereocenters. The van der Waals surface area contributed by atoms with Gasteiger partial charge in [0.25, 0.3) is 0 Å². The van der Waals surface area contributed by atoms with Gasteiger partial charge in [-0.2, -0.15) is 13.2 Å². The molecule has 34 heavy (non-hydrogen) atoms. The van der Waals surface area contributed by atoms with Gasteiger partial charge < -0.3 is 15.2 Å². The monoisotopic (exact) mass is 533 g/mol. The summed E-state index contributed by atoms with van der Waals surface area (Å²) in [4.78, 5) is 24.0. The maximum Gasteiger partial charge on any atom is 0.416 e. The highest BCUT2D eigenvalue weighted by molar-refractivity contribution is 9.10. The maximum atomic E-state index is 13.2. The average molecular weight is 534 g/mol. The Morgan fingerprint density at radius 3 is 2.15 bits per heavy atom. The van der Waals surface area contributed by atoms with Crippen molar-refractivity contribution in [2.45, 2.75) is 24.6 Å². The molecule has 1 aliphatic rings. The number of carbonyl (C=O) groups is 2. The van der Waals surface area contributed by atoms with Crippen LogP contribution in [-0.2, 0) is 15.7 Å². The van der Waals surface area contributed by atoms with Crippen LogP contribution >= 0.6 is 15.9 Å². The van der Waals surface area contributed by atoms with Crippen molar-refractivity contribution in [2.24, 2.45) is 0 Å². The number of halogens is 4. The predicted octanol–water partition coefficient (Wildman–Crippen LogP) is 6.52. The minimum atomic E-state index is -4.62. The lowest BCUT2D eigenvalue weighted by atomic mass is 9.98. The fourth-order valence-corrected chi connectivity index (χ4v) is 4.71. The molecule has 0 radical (unpaired) electrons. The van der Waals surface area contributed by atoms with E-state index in [9.17, 15) is 27.9 Å². The third-order valence-corrected chi connectivity index (χ3v) is 6.44. The van der Waals surface area contributed by atoms with Crippen LogP contribution in [0.2, 0.25) is 0 Å². The fraction of sp³-hybridized carbons (Fsp3) is 0.200. The first kappa shape index (κ1) is 23.8. The van der Waals surface area contributed by atoms with Gasteiger partial charge in [0.2, 0.25) is 0 Å². The van der Waals surface area contributed by atoms with Crippen LogP contribution in [0.4, 0.5) is 18.0 Å². The van der Waals surface area contributed by atoms with Gasteiger partial charge in [-0.05, 0) is 46.0 Å². The summed E-state index contributed by atoms with van der Waals surface area (Å²) < 4.78 is 45.2.